The summed E-state index contributed by atoms with van der Waals surface area (Å²) in [7, 11) is 0. The van der Waals surface area contributed by atoms with Crippen LogP contribution < -0.4 is 5.32 Å². The molecule has 2 aromatic carbocycles. The Morgan fingerprint density at radius 2 is 2.04 bits per heavy atom. The number of nitro benzene ring substituents is 1. The van der Waals surface area contributed by atoms with Crippen LogP contribution in [0.4, 0.5) is 11.4 Å². The zero-order valence-corrected chi connectivity index (χ0v) is 14.8. The molecule has 1 N–H and O–H groups in total. The lowest BCUT2D eigenvalue weighted by atomic mass is 10.3. The molecule has 0 aliphatic carbocycles. The second-order valence-electron chi connectivity index (χ2n) is 5.08. The summed E-state index contributed by atoms with van der Waals surface area (Å²) in [4.78, 5) is 22.3. The van der Waals surface area contributed by atoms with E-state index in [1.807, 2.05) is 30.3 Å². The van der Waals surface area contributed by atoms with Gasteiger partial charge >= 0.3 is 0 Å². The maximum atomic E-state index is 12.1. The molecule has 0 saturated heterocycles. The lowest BCUT2D eigenvalue weighted by Gasteiger charge is -2.08. The molecule has 3 aromatic rings. The molecule has 10 heteroatoms. The third-order valence-electron chi connectivity index (χ3n) is 3.32. The minimum absolute atomic E-state index is 0.0822. The first-order valence-electron chi connectivity index (χ1n) is 7.36. The van der Waals surface area contributed by atoms with Gasteiger partial charge in [-0.15, -0.1) is 10.2 Å². The van der Waals surface area contributed by atoms with E-state index in [4.69, 9.17) is 11.6 Å². The molecule has 26 heavy (non-hydrogen) atoms. The second-order valence-corrected chi connectivity index (χ2v) is 6.43. The van der Waals surface area contributed by atoms with Gasteiger partial charge in [-0.3, -0.25) is 19.5 Å². The van der Waals surface area contributed by atoms with Gasteiger partial charge in [-0.1, -0.05) is 41.6 Å². The molecule has 3 rings (SSSR count). The smallest absolute Gasteiger partial charge is 0.271 e. The Balaban J connectivity index is 1.64. The van der Waals surface area contributed by atoms with E-state index in [1.54, 1.807) is 10.9 Å². The predicted molar refractivity (Wildman–Crippen MR) is 98.8 cm³/mol. The van der Waals surface area contributed by atoms with Gasteiger partial charge in [0, 0.05) is 17.8 Å². The maximum absolute atomic E-state index is 12.1. The average Bonchev–Trinajstić information content (AvgIpc) is 3.11. The van der Waals surface area contributed by atoms with Crippen LogP contribution >= 0.6 is 23.4 Å². The highest BCUT2D eigenvalue weighted by Crippen LogP contribution is 2.27. The molecule has 0 saturated carbocycles. The number of non-ortho nitro benzene ring substituents is 1. The zero-order chi connectivity index (χ0) is 18.5. The third-order valence-corrected chi connectivity index (χ3v) is 4.58. The summed E-state index contributed by atoms with van der Waals surface area (Å²) in [5.74, 6) is -0.230. The minimum atomic E-state index is -0.552. The Labute approximate surface area is 157 Å². The molecule has 132 valence electrons. The van der Waals surface area contributed by atoms with Crippen LogP contribution in [0.3, 0.4) is 0 Å². The summed E-state index contributed by atoms with van der Waals surface area (Å²) in [5, 5.41) is 21.9. The molecule has 1 heterocycles. The van der Waals surface area contributed by atoms with Crippen LogP contribution in [0.2, 0.25) is 5.02 Å². The van der Waals surface area contributed by atoms with Gasteiger partial charge in [0.1, 0.15) is 6.33 Å². The van der Waals surface area contributed by atoms with E-state index >= 15 is 0 Å². The van der Waals surface area contributed by atoms with E-state index in [1.165, 1.54) is 30.0 Å². The van der Waals surface area contributed by atoms with Crippen molar-refractivity contribution in [2.24, 2.45) is 0 Å². The number of para-hydroxylation sites is 1. The Kier molecular flexibility index (Phi) is 5.49. The topological polar surface area (TPSA) is 103 Å². The largest absolute Gasteiger partial charge is 0.324 e. The fraction of sp³-hybridized carbons (Fsp3) is 0.0625. The first-order chi connectivity index (χ1) is 12.5. The number of nitrogens with one attached hydrogen (secondary N) is 1. The van der Waals surface area contributed by atoms with E-state index in [9.17, 15) is 14.9 Å². The number of hydrogen-bond donors (Lipinski definition) is 1. The van der Waals surface area contributed by atoms with Crippen molar-refractivity contribution in [3.63, 3.8) is 0 Å². The maximum Gasteiger partial charge on any atom is 0.271 e. The molecule has 0 fully saturated rings. The number of anilines is 1. The number of halogens is 1. The summed E-state index contributed by atoms with van der Waals surface area (Å²) in [5.41, 5.74) is 1.06. The molecule has 8 nitrogen and oxygen atoms in total. The molecule has 0 radical (unpaired) electrons. The normalized spacial score (nSPS) is 10.5. The molecule has 0 aliphatic rings. The monoisotopic (exact) mass is 389 g/mol. The van der Waals surface area contributed by atoms with Crippen LogP contribution in [0, 0.1) is 10.1 Å². The molecule has 0 unspecified atom stereocenters. The number of thioether (sulfide) groups is 1. The van der Waals surface area contributed by atoms with Gasteiger partial charge in [0.15, 0.2) is 5.16 Å². The number of aromatic nitrogens is 3. The minimum Gasteiger partial charge on any atom is -0.324 e. The van der Waals surface area contributed by atoms with E-state index in [0.717, 1.165) is 5.69 Å². The van der Waals surface area contributed by atoms with Gasteiger partial charge < -0.3 is 5.32 Å². The Morgan fingerprint density at radius 1 is 1.27 bits per heavy atom. The van der Waals surface area contributed by atoms with Crippen molar-refractivity contribution < 1.29 is 9.72 Å². The average molecular weight is 390 g/mol. The first kappa shape index (κ1) is 17.9. The standard InChI is InChI=1S/C16H12ClN5O3S/c17-13-8-12(22(24)25)6-7-14(13)19-15(23)9-26-16-20-18-10-21(16)11-4-2-1-3-5-11/h1-8,10H,9H2,(H,19,23). The van der Waals surface area contributed by atoms with Gasteiger partial charge in [0.25, 0.3) is 5.69 Å². The number of benzene rings is 2. The van der Waals surface area contributed by atoms with E-state index < -0.39 is 4.92 Å². The number of nitro groups is 1. The summed E-state index contributed by atoms with van der Waals surface area (Å²) in [6, 6.07) is 13.4. The molecular weight excluding hydrogens is 378 g/mol. The molecule has 0 bridgehead atoms. The highest BCUT2D eigenvalue weighted by molar-refractivity contribution is 7.99. The molecule has 1 amide bonds. The number of hydrogen-bond acceptors (Lipinski definition) is 6. The number of nitrogens with zero attached hydrogens (tertiary/aromatic N) is 4. The predicted octanol–water partition coefficient (Wildman–Crippen LogP) is 3.56. The lowest BCUT2D eigenvalue weighted by molar-refractivity contribution is -0.384. The van der Waals surface area contributed by atoms with Crippen LogP contribution in [-0.4, -0.2) is 31.3 Å². The Hall–Kier alpha value is -2.91. The number of rotatable bonds is 6. The SMILES string of the molecule is O=C(CSc1nncn1-c1ccccc1)Nc1ccc([N+](=O)[O-])cc1Cl. The zero-order valence-electron chi connectivity index (χ0n) is 13.2. The highest BCUT2D eigenvalue weighted by Gasteiger charge is 2.13. The van der Waals surface area contributed by atoms with Crippen LogP contribution in [0.5, 0.6) is 0 Å². The Morgan fingerprint density at radius 3 is 2.73 bits per heavy atom. The number of carbonyl (C=O) groups excluding carboxylic acids is 1. The van der Waals surface area contributed by atoms with Gasteiger partial charge in [-0.05, 0) is 18.2 Å². The van der Waals surface area contributed by atoms with Crippen LogP contribution in [-0.2, 0) is 4.79 Å². The summed E-state index contributed by atoms with van der Waals surface area (Å²) < 4.78 is 1.77. The van der Waals surface area contributed by atoms with Crippen molar-refractivity contribution >= 4 is 40.6 Å². The fourth-order valence-electron chi connectivity index (χ4n) is 2.12. The molecule has 0 atom stereocenters. The van der Waals surface area contributed by atoms with Gasteiger partial charge in [0.2, 0.25) is 5.91 Å². The van der Waals surface area contributed by atoms with Crippen molar-refractivity contribution in [3.05, 3.63) is 70.0 Å². The van der Waals surface area contributed by atoms with Gasteiger partial charge in [0.05, 0.1) is 21.4 Å². The van der Waals surface area contributed by atoms with E-state index in [0.29, 0.717) is 10.8 Å². The second kappa shape index (κ2) is 7.98. The van der Waals surface area contributed by atoms with Gasteiger partial charge in [-0.25, -0.2) is 0 Å². The summed E-state index contributed by atoms with van der Waals surface area (Å²) in [6.45, 7) is 0. The molecular formula is C16H12ClN5O3S. The van der Waals surface area contributed by atoms with Crippen LogP contribution in [0.25, 0.3) is 5.69 Å². The van der Waals surface area contributed by atoms with Crippen molar-refractivity contribution in [2.45, 2.75) is 5.16 Å². The first-order valence-corrected chi connectivity index (χ1v) is 8.73. The van der Waals surface area contributed by atoms with E-state index in [-0.39, 0.29) is 22.4 Å². The number of amides is 1. The van der Waals surface area contributed by atoms with Crippen LogP contribution in [0.1, 0.15) is 0 Å². The van der Waals surface area contributed by atoms with Crippen molar-refractivity contribution in [3.8, 4) is 5.69 Å². The molecule has 1 aromatic heterocycles. The summed E-state index contributed by atoms with van der Waals surface area (Å²) >= 11 is 7.19. The quantitative estimate of drug-likeness (QED) is 0.393. The van der Waals surface area contributed by atoms with E-state index in [2.05, 4.69) is 15.5 Å². The van der Waals surface area contributed by atoms with Crippen LogP contribution in [0.15, 0.2) is 60.0 Å². The summed E-state index contributed by atoms with van der Waals surface area (Å²) in [6.07, 6.45) is 1.57. The van der Waals surface area contributed by atoms with Crippen molar-refractivity contribution in [2.75, 3.05) is 11.1 Å². The molecule has 0 spiro atoms. The highest BCUT2D eigenvalue weighted by atomic mass is 35.5. The fourth-order valence-corrected chi connectivity index (χ4v) is 3.07. The lowest BCUT2D eigenvalue weighted by Crippen LogP contribution is -2.15. The molecule has 0 aliphatic heterocycles. The van der Waals surface area contributed by atoms with Crippen molar-refractivity contribution in [1.82, 2.24) is 14.8 Å². The van der Waals surface area contributed by atoms with Crippen molar-refractivity contribution in [1.29, 1.82) is 0 Å². The van der Waals surface area contributed by atoms with Gasteiger partial charge in [-0.2, -0.15) is 0 Å². The Bertz CT molecular complexity index is 948. The number of carbonyl (C=O) groups is 1. The third kappa shape index (κ3) is 4.19.